The van der Waals surface area contributed by atoms with Crippen molar-refractivity contribution < 1.29 is 0 Å². The minimum absolute atomic E-state index is 1.17. The maximum atomic E-state index is 3.70. The zero-order chi connectivity index (χ0) is 18.5. The number of aromatic nitrogens is 1. The van der Waals surface area contributed by atoms with Crippen molar-refractivity contribution in [2.24, 2.45) is 0 Å². The van der Waals surface area contributed by atoms with Crippen LogP contribution >= 0.6 is 11.3 Å². The Labute approximate surface area is 166 Å². The maximum Gasteiger partial charge on any atom is 0.0545 e. The molecule has 0 radical (unpaired) electrons. The summed E-state index contributed by atoms with van der Waals surface area (Å²) in [5.74, 6) is 0. The van der Waals surface area contributed by atoms with E-state index in [4.69, 9.17) is 0 Å². The van der Waals surface area contributed by atoms with Crippen molar-refractivity contribution in [2.45, 2.75) is 0 Å². The van der Waals surface area contributed by atoms with Crippen LogP contribution in [0.2, 0.25) is 0 Å². The lowest BCUT2D eigenvalue weighted by molar-refractivity contribution is 1.46. The molecule has 0 aliphatic rings. The Morgan fingerprint density at radius 2 is 1.18 bits per heavy atom. The van der Waals surface area contributed by atoms with Gasteiger partial charge in [0.15, 0.2) is 0 Å². The van der Waals surface area contributed by atoms with Gasteiger partial charge in [-0.25, -0.2) is 0 Å². The topological polar surface area (TPSA) is 15.8 Å². The smallest absolute Gasteiger partial charge is 0.0545 e. The summed E-state index contributed by atoms with van der Waals surface area (Å²) in [6, 6.07) is 34.6. The molecule has 132 valence electrons. The number of H-pyrrole nitrogens is 1. The number of fused-ring (bicyclic) bond motifs is 6. The summed E-state index contributed by atoms with van der Waals surface area (Å²) >= 11 is 1.89. The number of hydrogen-bond donors (Lipinski definition) is 1. The van der Waals surface area contributed by atoms with Crippen molar-refractivity contribution in [3.63, 3.8) is 0 Å². The molecule has 28 heavy (non-hydrogen) atoms. The third kappa shape index (κ3) is 2.32. The van der Waals surface area contributed by atoms with Gasteiger partial charge in [-0.2, -0.15) is 0 Å². The Kier molecular flexibility index (Phi) is 3.40. The second-order valence-electron chi connectivity index (χ2n) is 7.10. The second-order valence-corrected chi connectivity index (χ2v) is 8.15. The molecular formula is C26H17NS. The first-order valence-corrected chi connectivity index (χ1v) is 10.3. The van der Waals surface area contributed by atoms with E-state index in [1.807, 2.05) is 11.3 Å². The lowest BCUT2D eigenvalue weighted by Gasteiger charge is -2.02. The van der Waals surface area contributed by atoms with Gasteiger partial charge in [-0.3, -0.25) is 0 Å². The summed E-state index contributed by atoms with van der Waals surface area (Å²) in [4.78, 5) is 5.02. The third-order valence-corrected chi connectivity index (χ3v) is 6.64. The number of rotatable bonds is 2. The fourth-order valence-electron chi connectivity index (χ4n) is 4.09. The molecule has 0 spiro atoms. The number of benzene rings is 4. The monoisotopic (exact) mass is 375 g/mol. The van der Waals surface area contributed by atoms with Crippen molar-refractivity contribution >= 4 is 43.1 Å². The van der Waals surface area contributed by atoms with Crippen molar-refractivity contribution in [2.75, 3.05) is 0 Å². The lowest BCUT2D eigenvalue weighted by Crippen LogP contribution is -1.77. The number of nitrogens with one attached hydrogen (secondary N) is 1. The van der Waals surface area contributed by atoms with Crippen LogP contribution in [0.3, 0.4) is 0 Å². The van der Waals surface area contributed by atoms with Gasteiger partial charge in [0.05, 0.1) is 5.52 Å². The Morgan fingerprint density at radius 1 is 0.536 bits per heavy atom. The van der Waals surface area contributed by atoms with Gasteiger partial charge in [0.2, 0.25) is 0 Å². The van der Waals surface area contributed by atoms with Gasteiger partial charge in [0.1, 0.15) is 0 Å². The third-order valence-electron chi connectivity index (χ3n) is 5.42. The van der Waals surface area contributed by atoms with Gasteiger partial charge in [0, 0.05) is 36.8 Å². The fraction of sp³-hybridized carbons (Fsp3) is 0. The normalized spacial score (nSPS) is 11.6. The molecule has 0 atom stereocenters. The van der Waals surface area contributed by atoms with E-state index in [1.165, 1.54) is 53.5 Å². The maximum absolute atomic E-state index is 3.70. The summed E-state index contributed by atoms with van der Waals surface area (Å²) in [5.41, 5.74) is 4.88. The van der Waals surface area contributed by atoms with Crippen LogP contribution in [-0.4, -0.2) is 4.98 Å². The van der Waals surface area contributed by atoms with Crippen molar-refractivity contribution in [1.29, 1.82) is 0 Å². The lowest BCUT2D eigenvalue weighted by atomic mass is 10.0. The number of aromatic amines is 1. The quantitative estimate of drug-likeness (QED) is 0.317. The van der Waals surface area contributed by atoms with Gasteiger partial charge < -0.3 is 4.98 Å². The molecular weight excluding hydrogens is 358 g/mol. The standard InChI is InChI=1S/C26H17NS/c1-3-9-17(10-4-1)23-15-21-22-16-24(18-11-5-2-6-12-18)28-26(22)20-14-8-7-13-19(20)25(21)27-23/h1-16,27H. The van der Waals surface area contributed by atoms with E-state index in [2.05, 4.69) is 102 Å². The minimum atomic E-state index is 1.17. The first kappa shape index (κ1) is 15.7. The Morgan fingerprint density at radius 3 is 1.93 bits per heavy atom. The zero-order valence-corrected chi connectivity index (χ0v) is 16.0. The van der Waals surface area contributed by atoms with Crippen LogP contribution in [-0.2, 0) is 0 Å². The Hall–Kier alpha value is -3.36. The highest BCUT2D eigenvalue weighted by Crippen LogP contribution is 2.43. The van der Waals surface area contributed by atoms with Gasteiger partial charge in [-0.1, -0.05) is 84.9 Å². The van der Waals surface area contributed by atoms with E-state index in [0.717, 1.165) is 0 Å². The van der Waals surface area contributed by atoms with E-state index in [9.17, 15) is 0 Å². The van der Waals surface area contributed by atoms with E-state index >= 15 is 0 Å². The molecule has 6 rings (SSSR count). The summed E-state index contributed by atoms with van der Waals surface area (Å²) in [6.07, 6.45) is 0. The van der Waals surface area contributed by atoms with Crippen LogP contribution in [0.1, 0.15) is 0 Å². The number of thiophene rings is 1. The van der Waals surface area contributed by atoms with Crippen LogP contribution < -0.4 is 0 Å². The molecule has 2 heterocycles. The van der Waals surface area contributed by atoms with Crippen LogP contribution in [0.25, 0.3) is 53.5 Å². The van der Waals surface area contributed by atoms with Crippen LogP contribution in [0.5, 0.6) is 0 Å². The molecule has 0 aliphatic heterocycles. The first-order valence-electron chi connectivity index (χ1n) is 9.46. The van der Waals surface area contributed by atoms with E-state index < -0.39 is 0 Å². The Balaban J connectivity index is 1.73. The highest BCUT2D eigenvalue weighted by Gasteiger charge is 2.15. The van der Waals surface area contributed by atoms with E-state index in [0.29, 0.717) is 0 Å². The molecule has 0 saturated heterocycles. The van der Waals surface area contributed by atoms with Crippen LogP contribution in [0.4, 0.5) is 0 Å². The van der Waals surface area contributed by atoms with E-state index in [-0.39, 0.29) is 0 Å². The molecule has 6 aromatic rings. The molecule has 2 heteroatoms. The van der Waals surface area contributed by atoms with Crippen molar-refractivity contribution in [3.8, 4) is 21.7 Å². The summed E-state index contributed by atoms with van der Waals surface area (Å²) in [5, 5.41) is 5.23. The molecule has 1 N–H and O–H groups in total. The Bertz CT molecular complexity index is 1330. The van der Waals surface area contributed by atoms with Crippen LogP contribution in [0.15, 0.2) is 97.1 Å². The van der Waals surface area contributed by atoms with Gasteiger partial charge >= 0.3 is 0 Å². The van der Waals surface area contributed by atoms with Crippen molar-refractivity contribution in [3.05, 3.63) is 97.1 Å². The molecule has 0 bridgehead atoms. The highest BCUT2D eigenvalue weighted by molar-refractivity contribution is 7.23. The summed E-state index contributed by atoms with van der Waals surface area (Å²) in [6.45, 7) is 0. The van der Waals surface area contributed by atoms with Crippen molar-refractivity contribution in [1.82, 2.24) is 4.98 Å². The number of hydrogen-bond acceptors (Lipinski definition) is 1. The molecule has 0 aliphatic carbocycles. The molecule has 2 aromatic heterocycles. The molecule has 4 aromatic carbocycles. The minimum Gasteiger partial charge on any atom is -0.354 e. The average molecular weight is 375 g/mol. The molecule has 0 unspecified atom stereocenters. The second kappa shape index (κ2) is 6.08. The zero-order valence-electron chi connectivity index (χ0n) is 15.1. The largest absolute Gasteiger partial charge is 0.354 e. The SMILES string of the molecule is c1ccc(-c2cc3c4cc(-c5ccccc5)sc4c4ccccc4c3[nH]2)cc1. The van der Waals surface area contributed by atoms with Gasteiger partial charge in [-0.05, 0) is 23.3 Å². The fourth-order valence-corrected chi connectivity index (χ4v) is 5.31. The summed E-state index contributed by atoms with van der Waals surface area (Å²) < 4.78 is 1.36. The predicted octanol–water partition coefficient (Wildman–Crippen LogP) is 7.87. The van der Waals surface area contributed by atoms with Crippen LogP contribution in [0, 0.1) is 0 Å². The van der Waals surface area contributed by atoms with Gasteiger partial charge in [-0.15, -0.1) is 11.3 Å². The van der Waals surface area contributed by atoms with Gasteiger partial charge in [0.25, 0.3) is 0 Å². The summed E-state index contributed by atoms with van der Waals surface area (Å²) in [7, 11) is 0. The highest BCUT2D eigenvalue weighted by atomic mass is 32.1. The first-order chi connectivity index (χ1) is 13.9. The van der Waals surface area contributed by atoms with E-state index in [1.54, 1.807) is 0 Å². The predicted molar refractivity (Wildman–Crippen MR) is 122 cm³/mol. The molecule has 0 amide bonds. The average Bonchev–Trinajstić information content (AvgIpc) is 3.40. The molecule has 0 fully saturated rings. The molecule has 1 nitrogen and oxygen atoms in total. The molecule has 0 saturated carbocycles.